The van der Waals surface area contributed by atoms with Gasteiger partial charge in [0.15, 0.2) is 11.5 Å². The summed E-state index contributed by atoms with van der Waals surface area (Å²) in [5, 5.41) is 19.3. The molecule has 1 aliphatic heterocycles. The smallest absolute Gasteiger partial charge is 0.230 e. The molecule has 1 heterocycles. The molecule has 29 heavy (non-hydrogen) atoms. The number of phenols is 2. The summed E-state index contributed by atoms with van der Waals surface area (Å²) in [5.41, 5.74) is 3.41. The second kappa shape index (κ2) is 8.89. The quantitative estimate of drug-likeness (QED) is 0.685. The molecular formula is C25H33NO3. The molecular weight excluding hydrogens is 362 g/mol. The van der Waals surface area contributed by atoms with E-state index in [0.717, 1.165) is 30.4 Å². The van der Waals surface area contributed by atoms with Gasteiger partial charge in [0.05, 0.1) is 5.92 Å². The standard InChI is InChI=1S/C25H33NO3/c1-16(2)13-19-5-7-20(8-6-19)18(4)25(29)26-12-11-22(14-17(26)3)21-9-10-23(27)24(28)15-21/h5-10,15-18,22,27-28H,11-14H2,1-4H3. The van der Waals surface area contributed by atoms with Crippen molar-refractivity contribution in [2.24, 2.45) is 5.92 Å². The Hall–Kier alpha value is -2.49. The third kappa shape index (κ3) is 4.92. The van der Waals surface area contributed by atoms with E-state index in [-0.39, 0.29) is 35.3 Å². The van der Waals surface area contributed by atoms with Crippen LogP contribution in [0.2, 0.25) is 0 Å². The molecule has 1 fully saturated rings. The molecule has 2 N–H and O–H groups in total. The van der Waals surface area contributed by atoms with Gasteiger partial charge in [-0.2, -0.15) is 0 Å². The summed E-state index contributed by atoms with van der Waals surface area (Å²) in [6.45, 7) is 9.23. The van der Waals surface area contributed by atoms with Crippen LogP contribution in [-0.4, -0.2) is 33.6 Å². The highest BCUT2D eigenvalue weighted by Gasteiger charge is 2.32. The lowest BCUT2D eigenvalue weighted by molar-refractivity contribution is -0.135. The van der Waals surface area contributed by atoms with E-state index < -0.39 is 0 Å². The Morgan fingerprint density at radius 1 is 1.07 bits per heavy atom. The summed E-state index contributed by atoms with van der Waals surface area (Å²) in [7, 11) is 0. The Morgan fingerprint density at radius 3 is 2.34 bits per heavy atom. The summed E-state index contributed by atoms with van der Waals surface area (Å²) in [5.74, 6) is 0.760. The van der Waals surface area contributed by atoms with Crippen LogP contribution in [0.4, 0.5) is 0 Å². The zero-order chi connectivity index (χ0) is 21.1. The van der Waals surface area contributed by atoms with Gasteiger partial charge in [-0.25, -0.2) is 0 Å². The lowest BCUT2D eigenvalue weighted by atomic mass is 9.84. The van der Waals surface area contributed by atoms with Crippen molar-refractivity contribution in [1.82, 2.24) is 4.90 Å². The number of amides is 1. The largest absolute Gasteiger partial charge is 0.504 e. The number of hydrogen-bond donors (Lipinski definition) is 2. The van der Waals surface area contributed by atoms with Crippen LogP contribution in [0.15, 0.2) is 42.5 Å². The predicted octanol–water partition coefficient (Wildman–Crippen LogP) is 5.19. The predicted molar refractivity (Wildman–Crippen MR) is 116 cm³/mol. The van der Waals surface area contributed by atoms with Crippen molar-refractivity contribution < 1.29 is 15.0 Å². The van der Waals surface area contributed by atoms with Crippen LogP contribution in [0, 0.1) is 5.92 Å². The number of phenolic OH excluding ortho intramolecular Hbond substituents is 2. The second-order valence-electron chi connectivity index (χ2n) is 8.91. The molecule has 156 valence electrons. The first kappa shape index (κ1) is 21.2. The van der Waals surface area contributed by atoms with Crippen molar-refractivity contribution in [1.29, 1.82) is 0 Å². The van der Waals surface area contributed by atoms with E-state index in [2.05, 4.69) is 45.0 Å². The van der Waals surface area contributed by atoms with Gasteiger partial charge in [-0.05, 0) is 73.8 Å². The van der Waals surface area contributed by atoms with E-state index in [4.69, 9.17) is 0 Å². The van der Waals surface area contributed by atoms with Gasteiger partial charge in [0, 0.05) is 12.6 Å². The molecule has 0 spiro atoms. The van der Waals surface area contributed by atoms with Gasteiger partial charge in [0.25, 0.3) is 0 Å². The molecule has 0 bridgehead atoms. The number of carbonyl (C=O) groups excluding carboxylic acids is 1. The van der Waals surface area contributed by atoms with Crippen LogP contribution < -0.4 is 0 Å². The average Bonchev–Trinajstić information content (AvgIpc) is 2.69. The third-order valence-electron chi connectivity index (χ3n) is 6.12. The molecule has 4 heteroatoms. The molecule has 1 aliphatic rings. The Kier molecular flexibility index (Phi) is 6.51. The minimum Gasteiger partial charge on any atom is -0.504 e. The van der Waals surface area contributed by atoms with Crippen LogP contribution >= 0.6 is 0 Å². The van der Waals surface area contributed by atoms with Gasteiger partial charge >= 0.3 is 0 Å². The number of likely N-dealkylation sites (tertiary alicyclic amines) is 1. The zero-order valence-corrected chi connectivity index (χ0v) is 17.9. The molecule has 4 nitrogen and oxygen atoms in total. The first-order chi connectivity index (χ1) is 13.8. The summed E-state index contributed by atoms with van der Waals surface area (Å²) >= 11 is 0. The number of piperidine rings is 1. The van der Waals surface area contributed by atoms with Gasteiger partial charge in [-0.3, -0.25) is 4.79 Å². The lowest BCUT2D eigenvalue weighted by Crippen LogP contribution is -2.45. The van der Waals surface area contributed by atoms with Gasteiger partial charge in [-0.15, -0.1) is 0 Å². The summed E-state index contributed by atoms with van der Waals surface area (Å²) < 4.78 is 0. The zero-order valence-electron chi connectivity index (χ0n) is 17.9. The van der Waals surface area contributed by atoms with Crippen molar-refractivity contribution in [3.63, 3.8) is 0 Å². The number of benzene rings is 2. The minimum absolute atomic E-state index is 0.0804. The van der Waals surface area contributed by atoms with E-state index in [1.165, 1.54) is 11.6 Å². The molecule has 2 aromatic rings. The number of hydrogen-bond acceptors (Lipinski definition) is 3. The van der Waals surface area contributed by atoms with E-state index >= 15 is 0 Å². The van der Waals surface area contributed by atoms with Crippen LogP contribution in [0.3, 0.4) is 0 Å². The van der Waals surface area contributed by atoms with E-state index in [9.17, 15) is 15.0 Å². The highest BCUT2D eigenvalue weighted by molar-refractivity contribution is 5.83. The van der Waals surface area contributed by atoms with Gasteiger partial charge in [0.1, 0.15) is 0 Å². The number of nitrogens with zero attached hydrogens (tertiary/aromatic N) is 1. The second-order valence-corrected chi connectivity index (χ2v) is 8.91. The van der Waals surface area contributed by atoms with Crippen LogP contribution in [-0.2, 0) is 11.2 Å². The minimum atomic E-state index is -0.153. The van der Waals surface area contributed by atoms with Crippen LogP contribution in [0.5, 0.6) is 11.5 Å². The first-order valence-electron chi connectivity index (χ1n) is 10.7. The highest BCUT2D eigenvalue weighted by atomic mass is 16.3. The fourth-order valence-electron chi connectivity index (χ4n) is 4.40. The monoisotopic (exact) mass is 395 g/mol. The summed E-state index contributed by atoms with van der Waals surface area (Å²) in [6.07, 6.45) is 2.77. The van der Waals surface area contributed by atoms with E-state index in [0.29, 0.717) is 12.5 Å². The number of aromatic hydroxyl groups is 2. The number of carbonyl (C=O) groups is 1. The maximum atomic E-state index is 13.2. The maximum Gasteiger partial charge on any atom is 0.230 e. The van der Waals surface area contributed by atoms with Crippen molar-refractivity contribution in [3.8, 4) is 11.5 Å². The molecule has 3 atom stereocenters. The topological polar surface area (TPSA) is 60.8 Å². The van der Waals surface area contributed by atoms with Gasteiger partial charge in [-0.1, -0.05) is 44.2 Å². The highest BCUT2D eigenvalue weighted by Crippen LogP contribution is 2.36. The molecule has 3 rings (SSSR count). The average molecular weight is 396 g/mol. The molecule has 2 aromatic carbocycles. The Morgan fingerprint density at radius 2 is 1.76 bits per heavy atom. The summed E-state index contributed by atoms with van der Waals surface area (Å²) in [6, 6.07) is 13.7. The SMILES string of the molecule is CC(C)Cc1ccc(C(C)C(=O)N2CCC(c3ccc(O)c(O)c3)CC2C)cc1. The Labute approximate surface area is 174 Å². The molecule has 1 saturated heterocycles. The molecule has 0 saturated carbocycles. The normalized spacial score (nSPS) is 20.7. The maximum absolute atomic E-state index is 13.2. The Bertz CT molecular complexity index is 844. The van der Waals surface area contributed by atoms with E-state index in [1.807, 2.05) is 17.9 Å². The van der Waals surface area contributed by atoms with Crippen molar-refractivity contribution in [2.45, 2.75) is 64.8 Å². The molecule has 3 unspecified atom stereocenters. The van der Waals surface area contributed by atoms with Gasteiger partial charge in [0.2, 0.25) is 5.91 Å². The first-order valence-corrected chi connectivity index (χ1v) is 10.7. The summed E-state index contributed by atoms with van der Waals surface area (Å²) in [4.78, 5) is 15.2. The van der Waals surface area contributed by atoms with Crippen LogP contribution in [0.25, 0.3) is 0 Å². The fraction of sp³-hybridized carbons (Fsp3) is 0.480. The molecule has 0 aromatic heterocycles. The van der Waals surface area contributed by atoms with Crippen molar-refractivity contribution in [2.75, 3.05) is 6.54 Å². The third-order valence-corrected chi connectivity index (χ3v) is 6.12. The van der Waals surface area contributed by atoms with E-state index in [1.54, 1.807) is 6.07 Å². The lowest BCUT2D eigenvalue weighted by Gasteiger charge is -2.39. The fourth-order valence-corrected chi connectivity index (χ4v) is 4.40. The molecule has 0 radical (unpaired) electrons. The number of rotatable bonds is 5. The van der Waals surface area contributed by atoms with Gasteiger partial charge < -0.3 is 15.1 Å². The molecule has 0 aliphatic carbocycles. The van der Waals surface area contributed by atoms with Crippen molar-refractivity contribution >= 4 is 5.91 Å². The van der Waals surface area contributed by atoms with Crippen molar-refractivity contribution in [3.05, 3.63) is 59.2 Å². The van der Waals surface area contributed by atoms with Crippen LogP contribution in [0.1, 0.15) is 69.1 Å². The molecule has 1 amide bonds. The Balaban J connectivity index is 1.65.